The van der Waals surface area contributed by atoms with E-state index in [0.29, 0.717) is 5.49 Å². The predicted octanol–water partition coefficient (Wildman–Crippen LogP) is 2.33. The highest BCUT2D eigenvalue weighted by Gasteiger charge is 2.01. The van der Waals surface area contributed by atoms with Gasteiger partial charge in [-0.1, -0.05) is 30.0 Å². The van der Waals surface area contributed by atoms with Crippen molar-refractivity contribution in [2.45, 2.75) is 0 Å². The van der Waals surface area contributed by atoms with E-state index in [1.165, 1.54) is 4.79 Å². The number of hydrogen-bond donors (Lipinski definition) is 1. The second kappa shape index (κ2) is 6.29. The zero-order valence-electron chi connectivity index (χ0n) is 12.7. The van der Waals surface area contributed by atoms with E-state index < -0.39 is 0 Å². The second-order valence-electron chi connectivity index (χ2n) is 5.08. The van der Waals surface area contributed by atoms with Gasteiger partial charge in [-0.15, -0.1) is 5.70 Å². The van der Waals surface area contributed by atoms with E-state index in [9.17, 15) is 0 Å². The second-order valence-corrected chi connectivity index (χ2v) is 5.08. The average molecular weight is 314 g/mol. The van der Waals surface area contributed by atoms with Crippen molar-refractivity contribution in [1.82, 2.24) is 20.1 Å². The minimum absolute atomic E-state index is 0.646. The molecule has 0 radical (unpaired) electrons. The molecule has 2 aliphatic rings. The third-order valence-corrected chi connectivity index (χ3v) is 3.44. The van der Waals surface area contributed by atoms with Crippen molar-refractivity contribution in [2.24, 2.45) is 0 Å². The van der Waals surface area contributed by atoms with Crippen LogP contribution in [0.4, 0.5) is 0 Å². The van der Waals surface area contributed by atoms with Gasteiger partial charge in [0.2, 0.25) is 0 Å². The molecule has 4 heterocycles. The lowest BCUT2D eigenvalue weighted by atomic mass is 10.2. The molecular formula is C18H14N6-2. The summed E-state index contributed by atoms with van der Waals surface area (Å²) in [6.07, 6.45) is 13.1. The molecule has 0 saturated heterocycles. The van der Waals surface area contributed by atoms with Gasteiger partial charge in [0.15, 0.2) is 0 Å². The van der Waals surface area contributed by atoms with Crippen LogP contribution in [0.3, 0.4) is 0 Å². The van der Waals surface area contributed by atoms with E-state index in [2.05, 4.69) is 26.1 Å². The van der Waals surface area contributed by atoms with Crippen molar-refractivity contribution in [3.8, 4) is 0 Å². The number of allylic oxidation sites excluding steroid dienone is 4. The van der Waals surface area contributed by atoms with Crippen LogP contribution < -0.4 is 20.6 Å². The summed E-state index contributed by atoms with van der Waals surface area (Å²) >= 11 is 0. The fourth-order valence-corrected chi connectivity index (χ4v) is 2.31. The lowest BCUT2D eigenvalue weighted by molar-refractivity contribution is 0.802. The molecule has 0 atom stereocenters. The maximum absolute atomic E-state index is 4.58. The first kappa shape index (κ1) is 14.1. The van der Waals surface area contributed by atoms with E-state index in [0.717, 1.165) is 22.8 Å². The van der Waals surface area contributed by atoms with Crippen LogP contribution in [0.2, 0.25) is 0 Å². The topological polar surface area (TPSA) is 70.2 Å². The molecule has 118 valence electrons. The van der Waals surface area contributed by atoms with Crippen molar-refractivity contribution in [2.75, 3.05) is 0 Å². The summed E-state index contributed by atoms with van der Waals surface area (Å²) in [5.41, 5.74) is 13.0. The van der Waals surface area contributed by atoms with Crippen LogP contribution in [0.15, 0.2) is 90.7 Å². The highest BCUT2D eigenvalue weighted by molar-refractivity contribution is 5.76. The van der Waals surface area contributed by atoms with Gasteiger partial charge < -0.3 is 21.0 Å². The molecule has 0 bridgehead atoms. The van der Waals surface area contributed by atoms with Crippen molar-refractivity contribution in [3.63, 3.8) is 0 Å². The number of rotatable bonds is 1. The fraction of sp³-hybridized carbons (Fsp3) is 0. The smallest absolute Gasteiger partial charge is 0.101 e. The van der Waals surface area contributed by atoms with Gasteiger partial charge in [-0.25, -0.2) is 4.98 Å². The molecule has 2 aromatic heterocycles. The maximum Gasteiger partial charge on any atom is 0.101 e. The van der Waals surface area contributed by atoms with Crippen LogP contribution in [-0.2, 0) is 0 Å². The maximum atomic E-state index is 4.58. The molecule has 1 N–H and O–H groups in total. The predicted molar refractivity (Wildman–Crippen MR) is 92.4 cm³/mol. The summed E-state index contributed by atoms with van der Waals surface area (Å²) in [5, 5.41) is 3.20. The first-order valence-electron chi connectivity index (χ1n) is 7.52. The molecule has 0 saturated carbocycles. The minimum atomic E-state index is 0.646. The SMILES string of the molecule is C1=CNC(=C2C=C(c3ccccn3)[N-][N+](=c3cccc[n-]3)[N-]2)C=C1. The number of hydrogen-bond acceptors (Lipinski definition) is 2. The molecule has 6 nitrogen and oxygen atoms in total. The third kappa shape index (κ3) is 2.85. The molecule has 0 aromatic carbocycles. The van der Waals surface area contributed by atoms with E-state index in [-0.39, 0.29) is 0 Å². The summed E-state index contributed by atoms with van der Waals surface area (Å²) in [6, 6.07) is 11.4. The molecule has 0 aliphatic carbocycles. The Balaban J connectivity index is 1.85. The molecule has 6 heteroatoms. The average Bonchev–Trinajstić information content (AvgIpc) is 2.70. The molecule has 2 aliphatic heterocycles. The first-order chi connectivity index (χ1) is 11.9. The summed E-state index contributed by atoms with van der Waals surface area (Å²) in [5.74, 6) is 0. The Bertz CT molecular complexity index is 914. The Labute approximate surface area is 139 Å². The quantitative estimate of drug-likeness (QED) is 0.821. The van der Waals surface area contributed by atoms with Crippen LogP contribution >= 0.6 is 0 Å². The molecule has 0 fully saturated rings. The molecule has 0 spiro atoms. The van der Waals surface area contributed by atoms with Crippen molar-refractivity contribution in [1.29, 1.82) is 0 Å². The molecule has 0 amide bonds. The van der Waals surface area contributed by atoms with Crippen LogP contribution in [0.1, 0.15) is 5.69 Å². The van der Waals surface area contributed by atoms with Crippen LogP contribution in [0.5, 0.6) is 0 Å². The van der Waals surface area contributed by atoms with Crippen molar-refractivity contribution < 1.29 is 0 Å². The summed E-state index contributed by atoms with van der Waals surface area (Å²) < 4.78 is 0. The van der Waals surface area contributed by atoms with E-state index in [1.807, 2.05) is 66.9 Å². The van der Waals surface area contributed by atoms with E-state index in [4.69, 9.17) is 0 Å². The van der Waals surface area contributed by atoms with Crippen LogP contribution in [-0.4, -0.2) is 4.98 Å². The highest BCUT2D eigenvalue weighted by Crippen LogP contribution is 2.30. The summed E-state index contributed by atoms with van der Waals surface area (Å²) in [6.45, 7) is 0. The fourth-order valence-electron chi connectivity index (χ4n) is 2.31. The van der Waals surface area contributed by atoms with Crippen LogP contribution in [0.25, 0.3) is 16.5 Å². The molecule has 24 heavy (non-hydrogen) atoms. The number of dihydropyridines is 1. The molecular weight excluding hydrogens is 300 g/mol. The lowest BCUT2D eigenvalue weighted by Crippen LogP contribution is -2.29. The summed E-state index contributed by atoms with van der Waals surface area (Å²) in [7, 11) is 0. The molecule has 0 unspecified atom stereocenters. The van der Waals surface area contributed by atoms with Crippen molar-refractivity contribution >= 4 is 5.70 Å². The minimum Gasteiger partial charge on any atom is -0.607 e. The third-order valence-electron chi connectivity index (χ3n) is 3.44. The number of nitrogens with one attached hydrogen (secondary N) is 1. The van der Waals surface area contributed by atoms with E-state index >= 15 is 0 Å². The van der Waals surface area contributed by atoms with Gasteiger partial charge in [0, 0.05) is 30.0 Å². The van der Waals surface area contributed by atoms with Gasteiger partial charge in [0.1, 0.15) is 5.49 Å². The molecule has 4 rings (SSSR count). The standard InChI is InChI=1S/C18H14N6/c1-4-10-19-14(7-1)16-13-17(15-8-2-5-11-20-15)23-24(22-16)18-9-3-6-12-21-18/h1-13,19H/q-2. The number of pyridine rings is 2. The first-order valence-corrected chi connectivity index (χ1v) is 7.52. The van der Waals surface area contributed by atoms with Gasteiger partial charge in [0.25, 0.3) is 0 Å². The lowest BCUT2D eigenvalue weighted by Gasteiger charge is -2.50. The van der Waals surface area contributed by atoms with E-state index in [1.54, 1.807) is 12.4 Å². The van der Waals surface area contributed by atoms with Crippen LogP contribution in [0, 0.1) is 0 Å². The molecule has 2 aromatic rings. The van der Waals surface area contributed by atoms with Gasteiger partial charge >= 0.3 is 0 Å². The Morgan fingerprint density at radius 3 is 2.71 bits per heavy atom. The van der Waals surface area contributed by atoms with Gasteiger partial charge in [-0.05, 0) is 36.4 Å². The normalized spacial score (nSPS) is 21.4. The van der Waals surface area contributed by atoms with Gasteiger partial charge in [0.05, 0.1) is 0 Å². The Kier molecular flexibility index (Phi) is 3.69. The number of aromatic nitrogens is 2. The number of nitrogens with zero attached hydrogens (tertiary/aromatic N) is 5. The largest absolute Gasteiger partial charge is 0.607 e. The zero-order valence-corrected chi connectivity index (χ0v) is 12.7. The zero-order chi connectivity index (χ0) is 16.2. The summed E-state index contributed by atoms with van der Waals surface area (Å²) in [4.78, 5) is 10.2. The Morgan fingerprint density at radius 1 is 1.00 bits per heavy atom. The Morgan fingerprint density at radius 2 is 1.96 bits per heavy atom. The highest BCUT2D eigenvalue weighted by atomic mass is 15.7. The van der Waals surface area contributed by atoms with Gasteiger partial charge in [-0.2, -0.15) is 0 Å². The van der Waals surface area contributed by atoms with Gasteiger partial charge in [-0.3, -0.25) is 4.98 Å². The van der Waals surface area contributed by atoms with Crippen molar-refractivity contribution in [3.05, 3.63) is 113 Å². The monoisotopic (exact) mass is 314 g/mol. The Hall–Kier alpha value is -3.54.